The lowest BCUT2D eigenvalue weighted by atomic mass is 9.90. The Morgan fingerprint density at radius 3 is 2.57 bits per heavy atom. The zero-order valence-electron chi connectivity index (χ0n) is 24.5. The molecule has 3 aromatic heterocycles. The van der Waals surface area contributed by atoms with Crippen molar-refractivity contribution in [3.8, 4) is 23.0 Å². The van der Waals surface area contributed by atoms with Gasteiger partial charge in [0.2, 0.25) is 0 Å². The van der Waals surface area contributed by atoms with Crippen LogP contribution in [0.3, 0.4) is 0 Å². The number of hydrogen-bond donors (Lipinski definition) is 2. The average Bonchev–Trinajstić information content (AvgIpc) is 3.47. The summed E-state index contributed by atoms with van der Waals surface area (Å²) in [6, 6.07) is 19.9. The number of methoxy groups -OCH3 is 1. The van der Waals surface area contributed by atoms with E-state index in [0.717, 1.165) is 74.0 Å². The lowest BCUT2D eigenvalue weighted by Gasteiger charge is -2.35. The van der Waals surface area contributed by atoms with Gasteiger partial charge in [0.15, 0.2) is 5.82 Å². The topological polar surface area (TPSA) is 127 Å². The molecule has 1 amide bonds. The zero-order chi connectivity index (χ0) is 30.0. The summed E-state index contributed by atoms with van der Waals surface area (Å²) in [6.07, 6.45) is 6.97. The van der Waals surface area contributed by atoms with Crippen molar-refractivity contribution in [1.82, 2.24) is 29.6 Å². The van der Waals surface area contributed by atoms with Crippen LogP contribution in [-0.4, -0.2) is 68.8 Å². The van der Waals surface area contributed by atoms with E-state index in [1.165, 1.54) is 15.8 Å². The Morgan fingerprint density at radius 2 is 1.80 bits per heavy atom. The molecule has 44 heavy (non-hydrogen) atoms. The Balaban J connectivity index is 0.996. The van der Waals surface area contributed by atoms with Crippen molar-refractivity contribution >= 4 is 23.2 Å². The minimum Gasteiger partial charge on any atom is -0.497 e. The number of ether oxygens (including phenoxy) is 1. The molecule has 3 N–H and O–H groups in total. The smallest absolute Gasteiger partial charge is 0.261 e. The first-order valence-corrected chi connectivity index (χ1v) is 14.7. The van der Waals surface area contributed by atoms with Gasteiger partial charge in [-0.1, -0.05) is 18.2 Å². The highest BCUT2D eigenvalue weighted by Gasteiger charge is 2.22. The standard InChI is InChI=1S/C33H33N9O2/c1-44-26-11-12-27-23(18-26)7-8-24-19-36-33(38-30(24)27)42-21-28(31(34)39-42)32(43)37-25-9-5-22(6-10-25)20-40-14-16-41(17-15-40)29-4-2-3-13-35-29/h2-6,9-13,18-19,21H,7-8,14-17,20H2,1H3,(H2,34,39)(H,37,43). The van der Waals surface area contributed by atoms with Gasteiger partial charge in [0.05, 0.1) is 12.8 Å². The summed E-state index contributed by atoms with van der Waals surface area (Å²) < 4.78 is 6.85. The Labute approximate surface area is 255 Å². The number of aromatic nitrogens is 5. The number of nitrogens with one attached hydrogen (secondary N) is 1. The molecule has 0 radical (unpaired) electrons. The van der Waals surface area contributed by atoms with Crippen LogP contribution >= 0.6 is 0 Å². The predicted molar refractivity (Wildman–Crippen MR) is 169 cm³/mol. The summed E-state index contributed by atoms with van der Waals surface area (Å²) in [5.41, 5.74) is 12.5. The molecular formula is C33H33N9O2. The number of carbonyl (C=O) groups excluding carboxylic acids is 1. The van der Waals surface area contributed by atoms with Crippen LogP contribution in [0.2, 0.25) is 0 Å². The largest absolute Gasteiger partial charge is 0.497 e. The Bertz CT molecular complexity index is 1800. The van der Waals surface area contributed by atoms with Gasteiger partial charge < -0.3 is 20.7 Å². The van der Waals surface area contributed by atoms with E-state index in [1.807, 2.05) is 67.0 Å². The molecule has 222 valence electrons. The van der Waals surface area contributed by atoms with Crippen LogP contribution in [0.25, 0.3) is 17.2 Å². The quantitative estimate of drug-likeness (QED) is 0.291. The molecule has 4 heterocycles. The van der Waals surface area contributed by atoms with Crippen molar-refractivity contribution < 1.29 is 9.53 Å². The van der Waals surface area contributed by atoms with Crippen LogP contribution in [-0.2, 0) is 19.4 Å². The molecule has 0 unspecified atom stereocenters. The molecular weight excluding hydrogens is 554 g/mol. The third kappa shape index (κ3) is 5.57. The van der Waals surface area contributed by atoms with E-state index in [2.05, 4.69) is 36.2 Å². The van der Waals surface area contributed by atoms with Crippen LogP contribution in [0, 0.1) is 0 Å². The zero-order valence-corrected chi connectivity index (χ0v) is 24.5. The molecule has 1 aliphatic heterocycles. The second-order valence-electron chi connectivity index (χ2n) is 11.0. The minimum atomic E-state index is -0.345. The summed E-state index contributed by atoms with van der Waals surface area (Å²) in [5, 5.41) is 7.30. The number of piperazine rings is 1. The van der Waals surface area contributed by atoms with Crippen LogP contribution in [0.15, 0.2) is 79.3 Å². The van der Waals surface area contributed by atoms with E-state index in [9.17, 15) is 4.79 Å². The molecule has 7 rings (SSSR count). The van der Waals surface area contributed by atoms with Crippen molar-refractivity contribution in [2.75, 3.05) is 49.2 Å². The summed E-state index contributed by atoms with van der Waals surface area (Å²) >= 11 is 0. The van der Waals surface area contributed by atoms with Crippen LogP contribution in [0.1, 0.15) is 27.0 Å². The number of nitrogen functional groups attached to an aromatic ring is 1. The molecule has 0 spiro atoms. The number of rotatable bonds is 7. The molecule has 2 aliphatic rings. The van der Waals surface area contributed by atoms with Crippen molar-refractivity contribution in [2.45, 2.75) is 19.4 Å². The molecule has 1 aliphatic carbocycles. The Hall–Kier alpha value is -5.29. The molecule has 2 aromatic carbocycles. The number of pyridine rings is 1. The molecule has 1 saturated heterocycles. The minimum absolute atomic E-state index is 0.107. The van der Waals surface area contributed by atoms with Gasteiger partial charge in [0.1, 0.15) is 17.1 Å². The van der Waals surface area contributed by atoms with Gasteiger partial charge in [-0.15, -0.1) is 5.10 Å². The van der Waals surface area contributed by atoms with E-state index in [0.29, 0.717) is 11.6 Å². The first-order valence-electron chi connectivity index (χ1n) is 14.7. The highest BCUT2D eigenvalue weighted by Crippen LogP contribution is 2.34. The molecule has 11 nitrogen and oxygen atoms in total. The van der Waals surface area contributed by atoms with Gasteiger partial charge in [-0.2, -0.15) is 0 Å². The number of amides is 1. The van der Waals surface area contributed by atoms with E-state index in [-0.39, 0.29) is 17.3 Å². The number of aryl methyl sites for hydroxylation is 2. The lowest BCUT2D eigenvalue weighted by Crippen LogP contribution is -2.46. The summed E-state index contributed by atoms with van der Waals surface area (Å²) in [7, 11) is 1.66. The predicted octanol–water partition coefficient (Wildman–Crippen LogP) is 3.99. The number of anilines is 3. The van der Waals surface area contributed by atoms with Crippen LogP contribution in [0.4, 0.5) is 17.3 Å². The Kier molecular flexibility index (Phi) is 7.37. The van der Waals surface area contributed by atoms with Gasteiger partial charge in [-0.05, 0) is 72.0 Å². The highest BCUT2D eigenvalue weighted by atomic mass is 16.5. The maximum Gasteiger partial charge on any atom is 0.261 e. The number of benzene rings is 2. The Morgan fingerprint density at radius 1 is 0.977 bits per heavy atom. The molecule has 11 heteroatoms. The third-order valence-corrected chi connectivity index (χ3v) is 8.24. The lowest BCUT2D eigenvalue weighted by molar-refractivity contribution is 0.102. The molecule has 5 aromatic rings. The molecule has 0 atom stereocenters. The van der Waals surface area contributed by atoms with Gasteiger partial charge >= 0.3 is 0 Å². The van der Waals surface area contributed by atoms with Gasteiger partial charge in [0.25, 0.3) is 11.9 Å². The second-order valence-corrected chi connectivity index (χ2v) is 11.0. The summed E-state index contributed by atoms with van der Waals surface area (Å²) in [6.45, 7) is 4.67. The maximum atomic E-state index is 13.2. The van der Waals surface area contributed by atoms with Crippen molar-refractivity contribution in [3.05, 3.63) is 102 Å². The normalized spacial score (nSPS) is 14.5. The molecule has 0 bridgehead atoms. The van der Waals surface area contributed by atoms with Crippen LogP contribution in [0.5, 0.6) is 5.75 Å². The van der Waals surface area contributed by atoms with Crippen LogP contribution < -0.4 is 20.7 Å². The van der Waals surface area contributed by atoms with Crippen molar-refractivity contribution in [3.63, 3.8) is 0 Å². The fourth-order valence-electron chi connectivity index (χ4n) is 5.82. The fraction of sp³-hybridized carbons (Fsp3) is 0.242. The van der Waals surface area contributed by atoms with Crippen molar-refractivity contribution in [1.29, 1.82) is 0 Å². The van der Waals surface area contributed by atoms with E-state index < -0.39 is 0 Å². The highest BCUT2D eigenvalue weighted by molar-refractivity contribution is 6.07. The van der Waals surface area contributed by atoms with Gasteiger partial charge in [-0.25, -0.2) is 19.6 Å². The number of fused-ring (bicyclic) bond motifs is 3. The number of carbonyl (C=O) groups is 1. The average molecular weight is 588 g/mol. The van der Waals surface area contributed by atoms with Gasteiger partial charge in [0, 0.05) is 62.6 Å². The number of hydrogen-bond acceptors (Lipinski definition) is 9. The first-order chi connectivity index (χ1) is 21.5. The molecule has 0 saturated carbocycles. The monoisotopic (exact) mass is 587 g/mol. The summed E-state index contributed by atoms with van der Waals surface area (Å²) in [5.74, 6) is 1.96. The van der Waals surface area contributed by atoms with Crippen molar-refractivity contribution in [2.24, 2.45) is 0 Å². The number of nitrogens with zero attached hydrogens (tertiary/aromatic N) is 7. The van der Waals surface area contributed by atoms with E-state index >= 15 is 0 Å². The van der Waals surface area contributed by atoms with E-state index in [4.69, 9.17) is 15.5 Å². The fourth-order valence-corrected chi connectivity index (χ4v) is 5.82. The first kappa shape index (κ1) is 27.5. The SMILES string of the molecule is COc1ccc2c(c1)CCc1cnc(-n3cc(C(=O)Nc4ccc(CN5CCN(c6ccccn6)CC5)cc4)c(N)n3)nc1-2. The number of nitrogens with two attached hydrogens (primary N) is 1. The second kappa shape index (κ2) is 11.8. The molecule has 1 fully saturated rings. The van der Waals surface area contributed by atoms with E-state index in [1.54, 1.807) is 13.3 Å². The van der Waals surface area contributed by atoms with Gasteiger partial charge in [-0.3, -0.25) is 9.69 Å². The maximum absolute atomic E-state index is 13.2. The third-order valence-electron chi connectivity index (χ3n) is 8.24. The summed E-state index contributed by atoms with van der Waals surface area (Å²) in [4.78, 5) is 31.7.